The van der Waals surface area contributed by atoms with Gasteiger partial charge in [-0.3, -0.25) is 9.78 Å². The zero-order chi connectivity index (χ0) is 17.6. The Balaban J connectivity index is 1.68. The quantitative estimate of drug-likeness (QED) is 0.755. The lowest BCUT2D eigenvalue weighted by atomic mass is 9.91. The van der Waals surface area contributed by atoms with Gasteiger partial charge in [0.15, 0.2) is 0 Å². The Morgan fingerprint density at radius 1 is 1.28 bits per heavy atom. The van der Waals surface area contributed by atoms with E-state index in [2.05, 4.69) is 21.7 Å². The van der Waals surface area contributed by atoms with Crippen molar-refractivity contribution in [3.05, 3.63) is 64.5 Å². The third-order valence-corrected chi connectivity index (χ3v) is 4.72. The summed E-state index contributed by atoms with van der Waals surface area (Å²) < 4.78 is 0. The molecule has 1 aromatic carbocycles. The minimum Gasteiger partial charge on any atom is -0.392 e. The normalized spacial score (nSPS) is 16.3. The number of hydrogen-bond acceptors (Lipinski definition) is 4. The highest BCUT2D eigenvalue weighted by Crippen LogP contribution is 2.28. The van der Waals surface area contributed by atoms with Crippen molar-refractivity contribution in [1.82, 2.24) is 15.6 Å². The van der Waals surface area contributed by atoms with Crippen molar-refractivity contribution in [3.63, 3.8) is 0 Å². The minimum atomic E-state index is -0.0558. The van der Waals surface area contributed by atoms with Crippen LogP contribution in [0, 0.1) is 0 Å². The van der Waals surface area contributed by atoms with Gasteiger partial charge in [-0.2, -0.15) is 0 Å². The first-order valence-electron chi connectivity index (χ1n) is 8.80. The summed E-state index contributed by atoms with van der Waals surface area (Å²) >= 11 is 0. The topological polar surface area (TPSA) is 74.2 Å². The summed E-state index contributed by atoms with van der Waals surface area (Å²) in [6, 6.07) is 10.4. The zero-order valence-corrected chi connectivity index (χ0v) is 14.6. The third-order valence-electron chi connectivity index (χ3n) is 4.72. The van der Waals surface area contributed by atoms with Crippen LogP contribution in [0.1, 0.15) is 53.8 Å². The van der Waals surface area contributed by atoms with Gasteiger partial charge in [0.2, 0.25) is 5.91 Å². The van der Waals surface area contributed by atoms with E-state index in [4.69, 9.17) is 0 Å². The number of hydrogen-bond donors (Lipinski definition) is 3. The fourth-order valence-corrected chi connectivity index (χ4v) is 3.38. The molecule has 132 valence electrons. The van der Waals surface area contributed by atoms with Crippen LogP contribution in [-0.4, -0.2) is 16.0 Å². The Labute approximate surface area is 148 Å². The maximum Gasteiger partial charge on any atom is 0.217 e. The van der Waals surface area contributed by atoms with Gasteiger partial charge in [-0.15, -0.1) is 0 Å². The van der Waals surface area contributed by atoms with Crippen LogP contribution < -0.4 is 10.6 Å². The van der Waals surface area contributed by atoms with E-state index in [9.17, 15) is 9.90 Å². The van der Waals surface area contributed by atoms with E-state index in [1.54, 1.807) is 0 Å². The van der Waals surface area contributed by atoms with Gasteiger partial charge in [0.1, 0.15) is 0 Å². The van der Waals surface area contributed by atoms with E-state index in [0.717, 1.165) is 35.2 Å². The number of aromatic nitrogens is 1. The molecule has 25 heavy (non-hydrogen) atoms. The van der Waals surface area contributed by atoms with E-state index < -0.39 is 0 Å². The molecule has 1 aromatic heterocycles. The summed E-state index contributed by atoms with van der Waals surface area (Å²) in [4.78, 5) is 15.6. The number of nitrogens with zero attached hydrogens (tertiary/aromatic N) is 1. The van der Waals surface area contributed by atoms with Crippen LogP contribution in [0.4, 0.5) is 0 Å². The van der Waals surface area contributed by atoms with Crippen molar-refractivity contribution in [2.75, 3.05) is 0 Å². The van der Waals surface area contributed by atoms with Gasteiger partial charge in [-0.05, 0) is 47.6 Å². The van der Waals surface area contributed by atoms with E-state index >= 15 is 0 Å². The average Bonchev–Trinajstić information content (AvgIpc) is 2.64. The van der Waals surface area contributed by atoms with Crippen LogP contribution in [-0.2, 0) is 30.9 Å². The number of aryl methyl sites for hydroxylation is 1. The molecule has 5 nitrogen and oxygen atoms in total. The lowest BCUT2D eigenvalue weighted by molar-refractivity contribution is -0.119. The molecular weight excluding hydrogens is 314 g/mol. The van der Waals surface area contributed by atoms with Gasteiger partial charge < -0.3 is 15.7 Å². The molecule has 0 fully saturated rings. The Morgan fingerprint density at radius 3 is 2.96 bits per heavy atom. The van der Waals surface area contributed by atoms with Crippen LogP contribution in [0.2, 0.25) is 0 Å². The molecule has 3 rings (SSSR count). The highest BCUT2D eigenvalue weighted by molar-refractivity contribution is 5.72. The molecular formula is C20H25N3O2. The number of fused-ring (bicyclic) bond motifs is 1. The summed E-state index contributed by atoms with van der Waals surface area (Å²) in [5, 5.41) is 16.1. The van der Waals surface area contributed by atoms with Crippen LogP contribution >= 0.6 is 0 Å². The monoisotopic (exact) mass is 339 g/mol. The fraction of sp³-hybridized carbons (Fsp3) is 0.400. The molecule has 0 spiro atoms. The molecule has 1 heterocycles. The molecule has 0 saturated heterocycles. The predicted molar refractivity (Wildman–Crippen MR) is 96.6 cm³/mol. The molecule has 1 unspecified atom stereocenters. The van der Waals surface area contributed by atoms with Gasteiger partial charge in [0.25, 0.3) is 0 Å². The van der Waals surface area contributed by atoms with Gasteiger partial charge in [-0.1, -0.05) is 24.3 Å². The van der Waals surface area contributed by atoms with Crippen LogP contribution in [0.3, 0.4) is 0 Å². The van der Waals surface area contributed by atoms with Crippen LogP contribution in [0.25, 0.3) is 0 Å². The molecule has 1 atom stereocenters. The number of benzene rings is 1. The smallest absolute Gasteiger partial charge is 0.217 e. The van der Waals surface area contributed by atoms with Crippen LogP contribution in [0.5, 0.6) is 0 Å². The maximum atomic E-state index is 11.0. The summed E-state index contributed by atoms with van der Waals surface area (Å²) in [6.07, 6.45) is 5.20. The lowest BCUT2D eigenvalue weighted by Gasteiger charge is -2.25. The number of nitrogens with one attached hydrogen (secondary N) is 2. The summed E-state index contributed by atoms with van der Waals surface area (Å²) in [5.74, 6) is -0.0558. The fourth-order valence-electron chi connectivity index (χ4n) is 3.38. The molecule has 0 aliphatic heterocycles. The molecule has 0 bridgehead atoms. The average molecular weight is 339 g/mol. The number of carbonyl (C=O) groups is 1. The molecule has 0 radical (unpaired) electrons. The lowest BCUT2D eigenvalue weighted by Crippen LogP contribution is -2.26. The Kier molecular flexibility index (Phi) is 5.79. The zero-order valence-electron chi connectivity index (χ0n) is 14.6. The second kappa shape index (κ2) is 8.23. The molecule has 0 saturated carbocycles. The predicted octanol–water partition coefficient (Wildman–Crippen LogP) is 2.38. The summed E-state index contributed by atoms with van der Waals surface area (Å²) in [7, 11) is 0. The van der Waals surface area contributed by atoms with Crippen LogP contribution in [0.15, 0.2) is 36.5 Å². The minimum absolute atomic E-state index is 0.00950. The number of aliphatic hydroxyl groups is 1. The van der Waals surface area contributed by atoms with Crippen molar-refractivity contribution in [1.29, 1.82) is 0 Å². The standard InChI is InChI=1S/C20H25N3O2/c1-14(25)22-11-15-7-8-17(18(10-15)13-24)12-23-19-6-2-4-16-5-3-9-21-20(16)19/h3,5,7-10,19,23-24H,2,4,6,11-13H2,1H3,(H,22,25). The molecule has 1 aliphatic carbocycles. The van der Waals surface area contributed by atoms with Gasteiger partial charge in [-0.25, -0.2) is 0 Å². The van der Waals surface area contributed by atoms with E-state index in [0.29, 0.717) is 13.1 Å². The van der Waals surface area contributed by atoms with Crippen molar-refractivity contribution in [2.24, 2.45) is 0 Å². The molecule has 1 amide bonds. The second-order valence-corrected chi connectivity index (χ2v) is 6.54. The number of aliphatic hydroxyl groups excluding tert-OH is 1. The highest BCUT2D eigenvalue weighted by atomic mass is 16.3. The van der Waals surface area contributed by atoms with Gasteiger partial charge in [0.05, 0.1) is 18.3 Å². The molecule has 5 heteroatoms. The van der Waals surface area contributed by atoms with Crippen molar-refractivity contribution in [2.45, 2.75) is 51.9 Å². The van der Waals surface area contributed by atoms with Crippen molar-refractivity contribution in [3.8, 4) is 0 Å². The first-order chi connectivity index (χ1) is 12.2. The number of pyridine rings is 1. The molecule has 3 N–H and O–H groups in total. The summed E-state index contributed by atoms with van der Waals surface area (Å²) in [6.45, 7) is 2.67. The van der Waals surface area contributed by atoms with Gasteiger partial charge in [0, 0.05) is 26.2 Å². The Morgan fingerprint density at radius 2 is 2.16 bits per heavy atom. The SMILES string of the molecule is CC(=O)NCc1ccc(CNC2CCCc3cccnc32)c(CO)c1. The van der Waals surface area contributed by atoms with E-state index in [-0.39, 0.29) is 18.6 Å². The van der Waals surface area contributed by atoms with E-state index in [1.807, 2.05) is 30.5 Å². The summed E-state index contributed by atoms with van der Waals surface area (Å²) in [5.41, 5.74) is 5.46. The molecule has 2 aromatic rings. The largest absolute Gasteiger partial charge is 0.392 e. The third kappa shape index (κ3) is 4.44. The van der Waals surface area contributed by atoms with E-state index in [1.165, 1.54) is 18.9 Å². The Bertz CT molecular complexity index is 745. The number of amides is 1. The maximum absolute atomic E-state index is 11.0. The number of carbonyl (C=O) groups excluding carboxylic acids is 1. The number of rotatable bonds is 6. The van der Waals surface area contributed by atoms with Crippen molar-refractivity contribution < 1.29 is 9.90 Å². The van der Waals surface area contributed by atoms with Gasteiger partial charge >= 0.3 is 0 Å². The second-order valence-electron chi connectivity index (χ2n) is 6.54. The molecule has 1 aliphatic rings. The highest BCUT2D eigenvalue weighted by Gasteiger charge is 2.20. The first-order valence-corrected chi connectivity index (χ1v) is 8.80. The van der Waals surface area contributed by atoms with Crippen molar-refractivity contribution >= 4 is 5.91 Å². The Hall–Kier alpha value is -2.24. The first kappa shape index (κ1) is 17.6.